The van der Waals surface area contributed by atoms with Crippen LogP contribution in [0.4, 0.5) is 4.79 Å². The molecule has 2 amide bonds. The fourth-order valence-electron chi connectivity index (χ4n) is 2.33. The van der Waals surface area contributed by atoms with Crippen molar-refractivity contribution in [3.63, 3.8) is 0 Å². The minimum absolute atomic E-state index is 0.203. The number of aromatic amines is 1. The number of amides is 2. The summed E-state index contributed by atoms with van der Waals surface area (Å²) in [6.45, 7) is 6.90. The Morgan fingerprint density at radius 3 is 2.70 bits per heavy atom. The van der Waals surface area contributed by atoms with Crippen LogP contribution in [-0.2, 0) is 4.79 Å². The average molecular weight is 318 g/mol. The molecule has 0 aliphatic rings. The zero-order chi connectivity index (χ0) is 17.2. The largest absolute Gasteiger partial charge is 0.465 e. The summed E-state index contributed by atoms with van der Waals surface area (Å²) in [5, 5.41) is 13.1. The van der Waals surface area contributed by atoms with Gasteiger partial charge in [0.05, 0.1) is 17.8 Å². The molecule has 0 saturated heterocycles. The van der Waals surface area contributed by atoms with E-state index in [0.29, 0.717) is 0 Å². The number of hydrogen-bond donors (Lipinski definition) is 3. The first kappa shape index (κ1) is 16.8. The van der Waals surface area contributed by atoms with E-state index in [2.05, 4.69) is 15.3 Å². The van der Waals surface area contributed by atoms with Crippen molar-refractivity contribution in [2.45, 2.75) is 39.3 Å². The van der Waals surface area contributed by atoms with Crippen LogP contribution in [0.25, 0.3) is 10.9 Å². The number of nitrogens with zero attached hydrogens (tertiary/aromatic N) is 2. The molecule has 23 heavy (non-hydrogen) atoms. The third-order valence-corrected chi connectivity index (χ3v) is 3.63. The molecule has 2 aromatic heterocycles. The lowest BCUT2D eigenvalue weighted by molar-refractivity contribution is -0.123. The Morgan fingerprint density at radius 1 is 1.43 bits per heavy atom. The van der Waals surface area contributed by atoms with Crippen LogP contribution < -0.4 is 5.32 Å². The average Bonchev–Trinajstić information content (AvgIpc) is 2.87. The van der Waals surface area contributed by atoms with Gasteiger partial charge in [-0.3, -0.25) is 14.7 Å². The minimum atomic E-state index is -1.11. The molecule has 0 aromatic carbocycles. The van der Waals surface area contributed by atoms with Gasteiger partial charge in [0, 0.05) is 22.8 Å². The maximum Gasteiger partial charge on any atom is 0.408 e. The Morgan fingerprint density at radius 2 is 2.13 bits per heavy atom. The summed E-state index contributed by atoms with van der Waals surface area (Å²) in [6, 6.07) is 3.57. The van der Waals surface area contributed by atoms with Gasteiger partial charge in [0.15, 0.2) is 0 Å². The topological polar surface area (TPSA) is 98.3 Å². The summed E-state index contributed by atoms with van der Waals surface area (Å²) in [6.07, 6.45) is 2.31. The Bertz CT molecular complexity index is 684. The normalized spacial score (nSPS) is 12.9. The second-order valence-corrected chi connectivity index (χ2v) is 6.52. The number of aromatic nitrogens is 2. The fraction of sp³-hybridized carbons (Fsp3) is 0.438. The molecule has 0 bridgehead atoms. The molecule has 0 radical (unpaired) electrons. The highest BCUT2D eigenvalue weighted by molar-refractivity contribution is 5.83. The minimum Gasteiger partial charge on any atom is -0.465 e. The predicted octanol–water partition coefficient (Wildman–Crippen LogP) is 2.52. The predicted molar refractivity (Wildman–Crippen MR) is 87.1 cm³/mol. The van der Waals surface area contributed by atoms with E-state index < -0.39 is 11.6 Å². The Kier molecular flexibility index (Phi) is 4.58. The third kappa shape index (κ3) is 4.00. The van der Waals surface area contributed by atoms with Crippen molar-refractivity contribution in [3.8, 4) is 0 Å². The molecule has 2 heterocycles. The smallest absolute Gasteiger partial charge is 0.408 e. The monoisotopic (exact) mass is 318 g/mol. The Hall–Kier alpha value is -2.57. The van der Waals surface area contributed by atoms with Gasteiger partial charge in [-0.15, -0.1) is 0 Å². The molecule has 1 unspecified atom stereocenters. The molecule has 0 aliphatic carbocycles. The van der Waals surface area contributed by atoms with Crippen molar-refractivity contribution in [2.24, 2.45) is 0 Å². The van der Waals surface area contributed by atoms with Gasteiger partial charge in [-0.25, -0.2) is 4.79 Å². The number of carbonyl (C=O) groups excluding carboxylic acids is 1. The summed E-state index contributed by atoms with van der Waals surface area (Å²) >= 11 is 0. The van der Waals surface area contributed by atoms with Crippen molar-refractivity contribution in [3.05, 3.63) is 30.2 Å². The van der Waals surface area contributed by atoms with E-state index >= 15 is 0 Å². The van der Waals surface area contributed by atoms with Crippen molar-refractivity contribution in [2.75, 3.05) is 6.54 Å². The van der Waals surface area contributed by atoms with E-state index in [1.807, 2.05) is 19.1 Å². The van der Waals surface area contributed by atoms with Crippen LogP contribution in [0.15, 0.2) is 24.5 Å². The number of hydrogen-bond acceptors (Lipinski definition) is 3. The molecular weight excluding hydrogens is 296 g/mol. The third-order valence-electron chi connectivity index (χ3n) is 3.63. The number of H-pyrrole nitrogens is 1. The van der Waals surface area contributed by atoms with Crippen molar-refractivity contribution in [1.82, 2.24) is 20.2 Å². The number of nitrogens with one attached hydrogen (secondary N) is 2. The molecule has 0 fully saturated rings. The number of rotatable bonds is 4. The zero-order valence-corrected chi connectivity index (χ0v) is 13.8. The number of fused-ring (bicyclic) bond motifs is 1. The van der Waals surface area contributed by atoms with Crippen molar-refractivity contribution >= 4 is 22.9 Å². The van der Waals surface area contributed by atoms with Gasteiger partial charge in [-0.1, -0.05) is 0 Å². The highest BCUT2D eigenvalue weighted by Crippen LogP contribution is 2.19. The molecule has 7 nitrogen and oxygen atoms in total. The second-order valence-electron chi connectivity index (χ2n) is 6.52. The molecule has 0 saturated carbocycles. The zero-order valence-electron chi connectivity index (χ0n) is 13.8. The SMILES string of the molecule is CC(NC(=O)CN(C(=O)O)C(C)(C)C)c1cc2ccncc2[nH]1. The Labute approximate surface area is 134 Å². The quantitative estimate of drug-likeness (QED) is 0.806. The first-order valence-corrected chi connectivity index (χ1v) is 7.41. The van der Waals surface area contributed by atoms with Crippen LogP contribution in [0.5, 0.6) is 0 Å². The van der Waals surface area contributed by atoms with Crippen LogP contribution in [0, 0.1) is 0 Å². The van der Waals surface area contributed by atoms with Crippen molar-refractivity contribution < 1.29 is 14.7 Å². The highest BCUT2D eigenvalue weighted by atomic mass is 16.4. The lowest BCUT2D eigenvalue weighted by Crippen LogP contribution is -2.50. The molecule has 0 aliphatic heterocycles. The standard InChI is InChI=1S/C16H22N4O3/c1-10(12-7-11-5-6-17-8-13(11)19-12)18-14(21)9-20(15(22)23)16(2,3)4/h5-8,10,19H,9H2,1-4H3,(H,18,21)(H,22,23). The second kappa shape index (κ2) is 6.28. The first-order valence-electron chi connectivity index (χ1n) is 7.41. The molecule has 2 aromatic rings. The summed E-state index contributed by atoms with van der Waals surface area (Å²) in [4.78, 5) is 31.8. The maximum atomic E-state index is 12.2. The van der Waals surface area contributed by atoms with E-state index in [1.165, 1.54) is 0 Å². The van der Waals surface area contributed by atoms with E-state index in [4.69, 9.17) is 0 Å². The number of pyridine rings is 1. The molecular formula is C16H22N4O3. The first-order chi connectivity index (χ1) is 10.7. The van der Waals surface area contributed by atoms with E-state index in [1.54, 1.807) is 33.2 Å². The number of carbonyl (C=O) groups is 2. The highest BCUT2D eigenvalue weighted by Gasteiger charge is 2.28. The van der Waals surface area contributed by atoms with Crippen LogP contribution in [0.1, 0.15) is 39.4 Å². The van der Waals surface area contributed by atoms with Gasteiger partial charge in [0.1, 0.15) is 6.54 Å². The van der Waals surface area contributed by atoms with Gasteiger partial charge in [-0.2, -0.15) is 0 Å². The van der Waals surface area contributed by atoms with E-state index in [-0.39, 0.29) is 18.5 Å². The van der Waals surface area contributed by atoms with Crippen molar-refractivity contribution in [1.29, 1.82) is 0 Å². The summed E-state index contributed by atoms with van der Waals surface area (Å²) in [7, 11) is 0. The van der Waals surface area contributed by atoms with E-state index in [0.717, 1.165) is 21.5 Å². The summed E-state index contributed by atoms with van der Waals surface area (Å²) < 4.78 is 0. The van der Waals surface area contributed by atoms with Crippen LogP contribution in [0.3, 0.4) is 0 Å². The van der Waals surface area contributed by atoms with Gasteiger partial charge < -0.3 is 15.4 Å². The van der Waals surface area contributed by atoms with E-state index in [9.17, 15) is 14.7 Å². The van der Waals surface area contributed by atoms with Gasteiger partial charge in [-0.05, 0) is 39.8 Å². The van der Waals surface area contributed by atoms with Crippen LogP contribution >= 0.6 is 0 Å². The summed E-state index contributed by atoms with van der Waals surface area (Å²) in [5.74, 6) is -0.341. The van der Waals surface area contributed by atoms with Crippen LogP contribution in [0.2, 0.25) is 0 Å². The lowest BCUT2D eigenvalue weighted by atomic mass is 10.1. The molecule has 7 heteroatoms. The van der Waals surface area contributed by atoms with Gasteiger partial charge in [0.2, 0.25) is 5.91 Å². The maximum absolute atomic E-state index is 12.2. The molecule has 1 atom stereocenters. The molecule has 0 spiro atoms. The molecule has 3 N–H and O–H groups in total. The summed E-state index contributed by atoms with van der Waals surface area (Å²) in [5.41, 5.74) is 1.10. The lowest BCUT2D eigenvalue weighted by Gasteiger charge is -2.32. The van der Waals surface area contributed by atoms with Gasteiger partial charge in [0.25, 0.3) is 0 Å². The number of carboxylic acid groups (broad SMARTS) is 1. The Balaban J connectivity index is 2.05. The van der Waals surface area contributed by atoms with Crippen LogP contribution in [-0.4, -0.2) is 44.1 Å². The van der Waals surface area contributed by atoms with Gasteiger partial charge >= 0.3 is 6.09 Å². The molecule has 2 rings (SSSR count). The fourth-order valence-corrected chi connectivity index (χ4v) is 2.33. The molecule has 124 valence electrons.